The molecule has 0 aliphatic heterocycles. The highest BCUT2D eigenvalue weighted by atomic mass is 28.3. The Hall–Kier alpha value is -1.27. The van der Waals surface area contributed by atoms with E-state index in [9.17, 15) is 4.79 Å². The average molecular weight is 289 g/mol. The number of carbonyl (C=O) groups excluding carboxylic acids is 1. The van der Waals surface area contributed by atoms with Crippen LogP contribution in [-0.2, 0) is 0 Å². The van der Waals surface area contributed by atoms with Crippen LogP contribution in [0.3, 0.4) is 0 Å². The lowest BCUT2D eigenvalue weighted by Crippen LogP contribution is -2.43. The van der Waals surface area contributed by atoms with Crippen LogP contribution in [0.15, 0.2) is 12.3 Å². The van der Waals surface area contributed by atoms with Gasteiger partial charge in [-0.15, -0.1) is 5.54 Å². The zero-order valence-electron chi connectivity index (χ0n) is 13.8. The van der Waals surface area contributed by atoms with E-state index in [-0.39, 0.29) is 5.78 Å². The maximum absolute atomic E-state index is 11.3. The summed E-state index contributed by atoms with van der Waals surface area (Å²) in [6.45, 7) is 15.4. The molecule has 0 radical (unpaired) electrons. The monoisotopic (exact) mass is 289 g/mol. The number of aromatic amines is 1. The van der Waals surface area contributed by atoms with Gasteiger partial charge in [-0.3, -0.25) is 4.79 Å². The van der Waals surface area contributed by atoms with Crippen LogP contribution in [0, 0.1) is 11.5 Å². The average Bonchev–Trinajstić information content (AvgIpc) is 2.77. The molecule has 1 aromatic heterocycles. The Morgan fingerprint density at radius 3 is 1.95 bits per heavy atom. The largest absolute Gasteiger partial charge is 0.354 e. The minimum absolute atomic E-state index is 0.0781. The number of rotatable bonds is 4. The first-order valence-corrected chi connectivity index (χ1v) is 9.67. The molecule has 1 N–H and O–H groups in total. The van der Waals surface area contributed by atoms with Crippen LogP contribution in [0.1, 0.15) is 64.5 Å². The van der Waals surface area contributed by atoms with Crippen molar-refractivity contribution in [3.63, 3.8) is 0 Å². The normalized spacial score (nSPS) is 11.9. The van der Waals surface area contributed by atoms with E-state index >= 15 is 0 Å². The van der Waals surface area contributed by atoms with Crippen LogP contribution < -0.4 is 0 Å². The maximum atomic E-state index is 11.3. The van der Waals surface area contributed by atoms with Gasteiger partial charge in [-0.2, -0.15) is 0 Å². The van der Waals surface area contributed by atoms with Crippen molar-refractivity contribution in [2.24, 2.45) is 0 Å². The van der Waals surface area contributed by atoms with Crippen molar-refractivity contribution in [2.75, 3.05) is 0 Å². The molecule has 0 bridgehead atoms. The molecule has 0 aliphatic rings. The van der Waals surface area contributed by atoms with Gasteiger partial charge in [0.1, 0.15) is 8.07 Å². The van der Waals surface area contributed by atoms with Gasteiger partial charge in [0.15, 0.2) is 5.78 Å². The van der Waals surface area contributed by atoms with Crippen molar-refractivity contribution < 1.29 is 4.79 Å². The zero-order chi connectivity index (χ0) is 15.5. The van der Waals surface area contributed by atoms with Gasteiger partial charge in [0.05, 0.1) is 5.69 Å². The van der Waals surface area contributed by atoms with Gasteiger partial charge >= 0.3 is 0 Å². The molecule has 1 rings (SSSR count). The fourth-order valence-corrected chi connectivity index (χ4v) is 8.50. The lowest BCUT2D eigenvalue weighted by Gasteiger charge is -2.38. The Morgan fingerprint density at radius 1 is 1.10 bits per heavy atom. The summed E-state index contributed by atoms with van der Waals surface area (Å²) in [6.07, 6.45) is 1.75. The fourth-order valence-electron chi connectivity index (χ4n) is 3.28. The van der Waals surface area contributed by atoms with Crippen molar-refractivity contribution >= 4 is 13.9 Å². The van der Waals surface area contributed by atoms with E-state index in [1.165, 1.54) is 0 Å². The second-order valence-corrected chi connectivity index (χ2v) is 12.1. The highest BCUT2D eigenvalue weighted by Crippen LogP contribution is 2.40. The molecule has 0 amide bonds. The van der Waals surface area contributed by atoms with Gasteiger partial charge in [-0.25, -0.2) is 0 Å². The molecule has 0 saturated carbocycles. The quantitative estimate of drug-likeness (QED) is 0.482. The third kappa shape index (κ3) is 3.24. The van der Waals surface area contributed by atoms with Gasteiger partial charge in [-0.1, -0.05) is 47.5 Å². The first kappa shape index (κ1) is 16.8. The van der Waals surface area contributed by atoms with E-state index in [1.807, 2.05) is 6.07 Å². The summed E-state index contributed by atoms with van der Waals surface area (Å²) in [6, 6.07) is 1.86. The van der Waals surface area contributed by atoms with Gasteiger partial charge in [0.25, 0.3) is 0 Å². The minimum Gasteiger partial charge on any atom is -0.354 e. The van der Waals surface area contributed by atoms with E-state index in [4.69, 9.17) is 0 Å². The van der Waals surface area contributed by atoms with Gasteiger partial charge in [0.2, 0.25) is 0 Å². The predicted octanol–water partition coefficient (Wildman–Crippen LogP) is 4.79. The summed E-state index contributed by atoms with van der Waals surface area (Å²) < 4.78 is 0. The number of hydrogen-bond acceptors (Lipinski definition) is 1. The number of H-pyrrole nitrogens is 1. The van der Waals surface area contributed by atoms with Gasteiger partial charge in [-0.05, 0) is 29.6 Å². The molecule has 1 heterocycles. The summed E-state index contributed by atoms with van der Waals surface area (Å²) in [4.78, 5) is 14.4. The molecule has 0 atom stereocenters. The highest BCUT2D eigenvalue weighted by Gasteiger charge is 2.41. The van der Waals surface area contributed by atoms with Crippen LogP contribution in [-0.4, -0.2) is 18.8 Å². The molecule has 1 aromatic rings. The molecule has 0 spiro atoms. The number of aromatic nitrogens is 1. The molecule has 0 fully saturated rings. The number of nitrogens with one attached hydrogen (secondary N) is 1. The van der Waals surface area contributed by atoms with Crippen molar-refractivity contribution in [1.82, 2.24) is 4.98 Å². The van der Waals surface area contributed by atoms with Crippen LogP contribution in [0.25, 0.3) is 0 Å². The molecule has 3 heteroatoms. The van der Waals surface area contributed by atoms with E-state index in [0.29, 0.717) is 22.2 Å². The highest BCUT2D eigenvalue weighted by molar-refractivity contribution is 6.90. The smallest absolute Gasteiger partial charge is 0.161 e. The second kappa shape index (κ2) is 6.45. The van der Waals surface area contributed by atoms with Crippen molar-refractivity contribution in [3.05, 3.63) is 23.5 Å². The molecule has 110 valence electrons. The van der Waals surface area contributed by atoms with Crippen LogP contribution >= 0.6 is 0 Å². The van der Waals surface area contributed by atoms with E-state index < -0.39 is 8.07 Å². The number of ketones is 1. The first-order valence-electron chi connectivity index (χ1n) is 7.44. The Kier molecular flexibility index (Phi) is 5.41. The first-order chi connectivity index (χ1) is 9.21. The van der Waals surface area contributed by atoms with Crippen molar-refractivity contribution in [2.45, 2.75) is 65.1 Å². The molecule has 0 unspecified atom stereocenters. The predicted molar refractivity (Wildman–Crippen MR) is 88.7 cm³/mol. The summed E-state index contributed by atoms with van der Waals surface area (Å²) in [7, 11) is -1.69. The number of hydrogen-bond donors (Lipinski definition) is 1. The SMILES string of the molecule is CC(=O)c1c[nH]c(C#C[Si](C(C)C)(C(C)C)C(C)C)c1. The molecular weight excluding hydrogens is 262 g/mol. The van der Waals surface area contributed by atoms with Gasteiger partial charge in [0, 0.05) is 11.8 Å². The van der Waals surface area contributed by atoms with E-state index in [1.54, 1.807) is 13.1 Å². The van der Waals surface area contributed by atoms with E-state index in [2.05, 4.69) is 58.0 Å². The third-order valence-electron chi connectivity index (χ3n) is 4.37. The van der Waals surface area contributed by atoms with Crippen molar-refractivity contribution in [3.8, 4) is 11.5 Å². The maximum Gasteiger partial charge on any atom is 0.161 e. The minimum atomic E-state index is -1.69. The Bertz CT molecular complexity index is 507. The van der Waals surface area contributed by atoms with Crippen LogP contribution in [0.4, 0.5) is 0 Å². The molecule has 0 saturated heterocycles. The Morgan fingerprint density at radius 2 is 1.60 bits per heavy atom. The summed E-state index contributed by atoms with van der Waals surface area (Å²) in [5.41, 5.74) is 7.08. The zero-order valence-corrected chi connectivity index (χ0v) is 14.8. The van der Waals surface area contributed by atoms with E-state index in [0.717, 1.165) is 5.69 Å². The summed E-state index contributed by atoms with van der Waals surface area (Å²) >= 11 is 0. The topological polar surface area (TPSA) is 32.9 Å². The van der Waals surface area contributed by atoms with Crippen LogP contribution in [0.2, 0.25) is 16.6 Å². The molecule has 0 aliphatic carbocycles. The molecule has 20 heavy (non-hydrogen) atoms. The molecule has 0 aromatic carbocycles. The standard InChI is InChI=1S/C17H27NOSi/c1-12(2)20(13(3)4,14(5)6)9-8-17-10-16(11-18-17)15(7)19/h10-14,18H,1-7H3. The van der Waals surface area contributed by atoms with Crippen molar-refractivity contribution in [1.29, 1.82) is 0 Å². The second-order valence-electron chi connectivity index (χ2n) is 6.51. The Balaban J connectivity index is 3.19. The molecular formula is C17H27NOSi. The van der Waals surface area contributed by atoms with Crippen LogP contribution in [0.5, 0.6) is 0 Å². The Labute approximate surface area is 124 Å². The fraction of sp³-hybridized carbons (Fsp3) is 0.588. The lowest BCUT2D eigenvalue weighted by atomic mass is 10.2. The van der Waals surface area contributed by atoms with Gasteiger partial charge < -0.3 is 4.98 Å². The molecule has 2 nitrogen and oxygen atoms in total. The third-order valence-corrected chi connectivity index (χ3v) is 10.7. The number of Topliss-reactive ketones (excluding diaryl/α,β-unsaturated/α-hetero) is 1. The summed E-state index contributed by atoms with van der Waals surface area (Å²) in [5.74, 6) is 3.39. The number of carbonyl (C=O) groups is 1. The summed E-state index contributed by atoms with van der Waals surface area (Å²) in [5, 5.41) is 0. The lowest BCUT2D eigenvalue weighted by molar-refractivity contribution is 0.101.